The summed E-state index contributed by atoms with van der Waals surface area (Å²) in [4.78, 5) is 17.6. The second-order valence-electron chi connectivity index (χ2n) is 7.79. The van der Waals surface area contributed by atoms with E-state index >= 15 is 0 Å². The summed E-state index contributed by atoms with van der Waals surface area (Å²) in [5, 5.41) is 1.08. The molecule has 1 aliphatic rings. The van der Waals surface area contributed by atoms with Gasteiger partial charge in [-0.1, -0.05) is 42.5 Å². The Kier molecular flexibility index (Phi) is 5.54. The number of H-pyrrole nitrogens is 1. The highest BCUT2D eigenvalue weighted by molar-refractivity contribution is 6.08. The zero-order valence-electron chi connectivity index (χ0n) is 17.8. The molecule has 4 aromatic rings. The first-order chi connectivity index (χ1) is 15.3. The van der Waals surface area contributed by atoms with Crippen LogP contribution in [0.1, 0.15) is 12.5 Å². The summed E-state index contributed by atoms with van der Waals surface area (Å²) in [5.41, 5.74) is 4.26. The van der Waals surface area contributed by atoms with Crippen LogP contribution in [0, 0.1) is 0 Å². The number of benzene rings is 2. The van der Waals surface area contributed by atoms with Gasteiger partial charge in [0.25, 0.3) is 0 Å². The summed E-state index contributed by atoms with van der Waals surface area (Å²) in [5.74, 6) is 1.85. The summed E-state index contributed by atoms with van der Waals surface area (Å²) in [6.45, 7) is 7.54. The molecule has 6 heteroatoms. The van der Waals surface area contributed by atoms with Crippen molar-refractivity contribution < 1.29 is 4.74 Å². The predicted molar refractivity (Wildman–Crippen MR) is 127 cm³/mol. The summed E-state index contributed by atoms with van der Waals surface area (Å²) in [6, 6.07) is 16.6. The van der Waals surface area contributed by atoms with E-state index in [2.05, 4.69) is 73.3 Å². The van der Waals surface area contributed by atoms with Gasteiger partial charge >= 0.3 is 0 Å². The molecule has 0 aliphatic carbocycles. The summed E-state index contributed by atoms with van der Waals surface area (Å²) in [7, 11) is 0. The molecule has 1 saturated heterocycles. The fraction of sp³-hybridized carbons (Fsp3) is 0.280. The smallest absolute Gasteiger partial charge is 0.156 e. The quantitative estimate of drug-likeness (QED) is 0.509. The Balaban J connectivity index is 1.30. The van der Waals surface area contributed by atoms with E-state index in [-0.39, 0.29) is 0 Å². The lowest BCUT2D eigenvalue weighted by Crippen LogP contribution is -2.46. The average molecular weight is 414 g/mol. The maximum Gasteiger partial charge on any atom is 0.156 e. The van der Waals surface area contributed by atoms with Crippen LogP contribution in [0.25, 0.3) is 28.0 Å². The van der Waals surface area contributed by atoms with E-state index in [0.29, 0.717) is 6.61 Å². The zero-order valence-corrected chi connectivity index (χ0v) is 17.8. The van der Waals surface area contributed by atoms with Gasteiger partial charge in [-0.05, 0) is 30.7 Å². The van der Waals surface area contributed by atoms with Crippen LogP contribution in [-0.4, -0.2) is 59.2 Å². The first-order valence-electron chi connectivity index (χ1n) is 10.9. The maximum atomic E-state index is 5.67. The molecule has 5 rings (SSSR count). The van der Waals surface area contributed by atoms with Gasteiger partial charge < -0.3 is 14.6 Å². The third-order valence-electron chi connectivity index (χ3n) is 5.79. The van der Waals surface area contributed by atoms with E-state index in [4.69, 9.17) is 4.74 Å². The van der Waals surface area contributed by atoms with Gasteiger partial charge in [-0.2, -0.15) is 0 Å². The summed E-state index contributed by atoms with van der Waals surface area (Å²) >= 11 is 0. The number of aromatic nitrogens is 3. The van der Waals surface area contributed by atoms with Crippen molar-refractivity contribution in [1.29, 1.82) is 0 Å². The predicted octanol–water partition coefficient (Wildman–Crippen LogP) is 4.35. The molecule has 2 aromatic heterocycles. The molecule has 31 heavy (non-hydrogen) atoms. The summed E-state index contributed by atoms with van der Waals surface area (Å²) in [6.07, 6.45) is 6.12. The van der Waals surface area contributed by atoms with E-state index in [1.54, 1.807) is 6.33 Å². The first kappa shape index (κ1) is 19.6. The molecule has 1 fully saturated rings. The molecule has 0 radical (unpaired) electrons. The molecule has 0 amide bonds. The van der Waals surface area contributed by atoms with Gasteiger partial charge in [0.1, 0.15) is 23.1 Å². The second kappa shape index (κ2) is 8.78. The molecular formula is C25H27N5O. The van der Waals surface area contributed by atoms with Crippen LogP contribution < -0.4 is 9.64 Å². The number of hydrogen-bond acceptors (Lipinski definition) is 5. The number of aromatic amines is 1. The molecule has 1 N–H and O–H groups in total. The van der Waals surface area contributed by atoms with Crippen molar-refractivity contribution in [3.8, 4) is 5.75 Å². The minimum atomic E-state index is 0.652. The van der Waals surface area contributed by atoms with E-state index in [1.807, 2.05) is 19.1 Å². The Labute approximate surface area is 182 Å². The lowest BCUT2D eigenvalue weighted by Gasteiger charge is -2.34. The topological polar surface area (TPSA) is 57.3 Å². The Morgan fingerprint density at radius 3 is 2.68 bits per heavy atom. The normalized spacial score (nSPS) is 15.3. The number of piperazine rings is 1. The molecule has 0 unspecified atom stereocenters. The Morgan fingerprint density at radius 1 is 1.03 bits per heavy atom. The fourth-order valence-corrected chi connectivity index (χ4v) is 4.20. The number of nitrogens with zero attached hydrogens (tertiary/aromatic N) is 4. The van der Waals surface area contributed by atoms with Gasteiger partial charge in [0, 0.05) is 43.6 Å². The van der Waals surface area contributed by atoms with Gasteiger partial charge in [0.2, 0.25) is 0 Å². The van der Waals surface area contributed by atoms with Crippen molar-refractivity contribution in [1.82, 2.24) is 19.9 Å². The van der Waals surface area contributed by atoms with Crippen molar-refractivity contribution in [3.05, 3.63) is 66.5 Å². The number of fused-ring (bicyclic) bond motifs is 3. The van der Waals surface area contributed by atoms with Crippen LogP contribution >= 0.6 is 0 Å². The number of anilines is 1. The third-order valence-corrected chi connectivity index (χ3v) is 5.79. The molecule has 6 nitrogen and oxygen atoms in total. The highest BCUT2D eigenvalue weighted by atomic mass is 16.5. The Bertz CT molecular complexity index is 1190. The highest BCUT2D eigenvalue weighted by Gasteiger charge is 2.21. The lowest BCUT2D eigenvalue weighted by molar-refractivity contribution is 0.284. The van der Waals surface area contributed by atoms with Crippen molar-refractivity contribution in [3.63, 3.8) is 0 Å². The van der Waals surface area contributed by atoms with Crippen LogP contribution in [0.2, 0.25) is 0 Å². The van der Waals surface area contributed by atoms with Crippen LogP contribution in [-0.2, 0) is 0 Å². The van der Waals surface area contributed by atoms with Crippen molar-refractivity contribution in [2.75, 3.05) is 44.2 Å². The number of hydrogen-bond donors (Lipinski definition) is 1. The fourth-order valence-electron chi connectivity index (χ4n) is 4.20. The van der Waals surface area contributed by atoms with Gasteiger partial charge in [-0.3, -0.25) is 4.90 Å². The van der Waals surface area contributed by atoms with E-state index in [0.717, 1.165) is 66.2 Å². The zero-order chi connectivity index (χ0) is 21.0. The molecule has 2 aromatic carbocycles. The van der Waals surface area contributed by atoms with Crippen LogP contribution in [0.15, 0.2) is 60.9 Å². The number of nitrogens with one attached hydrogen (secondary N) is 1. The Morgan fingerprint density at radius 2 is 1.87 bits per heavy atom. The minimum absolute atomic E-state index is 0.652. The van der Waals surface area contributed by atoms with Crippen molar-refractivity contribution in [2.45, 2.75) is 6.92 Å². The number of rotatable bonds is 6. The second-order valence-corrected chi connectivity index (χ2v) is 7.79. The molecule has 0 saturated carbocycles. The molecular weight excluding hydrogens is 386 g/mol. The van der Waals surface area contributed by atoms with Gasteiger partial charge in [0.15, 0.2) is 5.82 Å². The third kappa shape index (κ3) is 4.11. The van der Waals surface area contributed by atoms with Crippen LogP contribution in [0.5, 0.6) is 5.75 Å². The molecule has 158 valence electrons. The van der Waals surface area contributed by atoms with E-state index in [1.165, 1.54) is 5.56 Å². The molecule has 0 spiro atoms. The van der Waals surface area contributed by atoms with Gasteiger partial charge in [-0.15, -0.1) is 0 Å². The van der Waals surface area contributed by atoms with Gasteiger partial charge in [0.05, 0.1) is 6.61 Å². The van der Waals surface area contributed by atoms with Gasteiger partial charge in [-0.25, -0.2) is 9.97 Å². The van der Waals surface area contributed by atoms with Crippen LogP contribution in [0.3, 0.4) is 0 Å². The highest BCUT2D eigenvalue weighted by Crippen LogP contribution is 2.31. The Hall–Kier alpha value is -3.38. The average Bonchev–Trinajstić information content (AvgIpc) is 3.19. The lowest BCUT2D eigenvalue weighted by atomic mass is 10.2. The molecule has 0 bridgehead atoms. The molecule has 3 heterocycles. The van der Waals surface area contributed by atoms with Crippen LogP contribution in [0.4, 0.5) is 5.82 Å². The maximum absolute atomic E-state index is 5.67. The first-order valence-corrected chi connectivity index (χ1v) is 10.9. The summed E-state index contributed by atoms with van der Waals surface area (Å²) < 4.78 is 5.67. The minimum Gasteiger partial charge on any atom is -0.494 e. The van der Waals surface area contributed by atoms with Crippen molar-refractivity contribution in [2.24, 2.45) is 0 Å². The van der Waals surface area contributed by atoms with E-state index < -0.39 is 0 Å². The SMILES string of the molecule is CCOc1ccc2[nH]c3c(N4CCN(CC=Cc5ccccc5)CC4)ncnc3c2c1. The molecule has 0 atom stereocenters. The van der Waals surface area contributed by atoms with E-state index in [9.17, 15) is 0 Å². The molecule has 1 aliphatic heterocycles. The largest absolute Gasteiger partial charge is 0.494 e. The number of ether oxygens (including phenoxy) is 1. The van der Waals surface area contributed by atoms with Crippen molar-refractivity contribution >= 4 is 33.8 Å². The standard InChI is InChI=1S/C25H27N5O/c1-2-31-20-10-11-22-21(17-20)23-24(28-22)25(27-18-26-23)30-15-13-29(14-16-30)12-6-9-19-7-4-3-5-8-19/h3-11,17-18,28H,2,12-16H2,1H3. The monoisotopic (exact) mass is 413 g/mol.